The van der Waals surface area contributed by atoms with Crippen molar-refractivity contribution in [1.82, 2.24) is 9.78 Å². The Labute approximate surface area is 162 Å². The Hall–Kier alpha value is -2.51. The van der Waals surface area contributed by atoms with Crippen LogP contribution in [-0.2, 0) is 9.59 Å². The zero-order valence-corrected chi connectivity index (χ0v) is 16.3. The van der Waals surface area contributed by atoms with Crippen LogP contribution in [0.25, 0.3) is 16.5 Å². The van der Waals surface area contributed by atoms with E-state index in [0.717, 1.165) is 5.39 Å². The van der Waals surface area contributed by atoms with Gasteiger partial charge in [0.05, 0.1) is 11.1 Å². The third kappa shape index (κ3) is 5.00. The predicted octanol–water partition coefficient (Wildman–Crippen LogP) is 3.88. The summed E-state index contributed by atoms with van der Waals surface area (Å²) in [4.78, 5) is 32.8. The van der Waals surface area contributed by atoms with E-state index in [1.54, 1.807) is 30.3 Å². The van der Waals surface area contributed by atoms with Gasteiger partial charge in [-0.15, -0.1) is 0 Å². The van der Waals surface area contributed by atoms with Crippen molar-refractivity contribution >= 4 is 55.1 Å². The molecule has 0 saturated heterocycles. The average Bonchev–Trinajstić information content (AvgIpc) is 2.58. The van der Waals surface area contributed by atoms with E-state index in [1.807, 2.05) is 18.2 Å². The number of carbonyl (C=O) groups excluding carboxylic acids is 2. The molecule has 0 atom stereocenters. The molecule has 2 aromatic carbocycles. The fourth-order valence-electron chi connectivity index (χ4n) is 2.21. The number of hydrogen-bond donors (Lipinski definition) is 1. The molecule has 3 rings (SSSR count). The normalized spacial score (nSPS) is 10.0. The van der Waals surface area contributed by atoms with E-state index in [9.17, 15) is 14.4 Å². The second kappa shape index (κ2) is 8.73. The Bertz CT molecular complexity index is 1010. The van der Waals surface area contributed by atoms with Gasteiger partial charge in [0, 0.05) is 24.9 Å². The standard InChI is InChI=1S/C16H12BrN3O2.C2H3ClO/c1-10(21)18-11-6-8-12(9-7-11)20-16(22)14-5-3-2-4-13(14)15(17)19-20;1-2(3)4/h2-9H,1H3,(H,18,21);1H3. The molecule has 8 heteroatoms. The van der Waals surface area contributed by atoms with Gasteiger partial charge in [-0.2, -0.15) is 9.78 Å². The number of nitrogens with zero attached hydrogens (tertiary/aromatic N) is 2. The molecule has 26 heavy (non-hydrogen) atoms. The first kappa shape index (κ1) is 19.8. The molecule has 1 amide bonds. The highest BCUT2D eigenvalue weighted by Crippen LogP contribution is 2.20. The van der Waals surface area contributed by atoms with Gasteiger partial charge in [0.25, 0.3) is 5.56 Å². The number of fused-ring (bicyclic) bond motifs is 1. The first-order valence-electron chi connectivity index (χ1n) is 7.51. The maximum atomic E-state index is 12.6. The smallest absolute Gasteiger partial charge is 0.279 e. The summed E-state index contributed by atoms with van der Waals surface area (Å²) in [5.41, 5.74) is 1.11. The third-order valence-electron chi connectivity index (χ3n) is 3.19. The van der Waals surface area contributed by atoms with Crippen LogP contribution in [0.5, 0.6) is 0 Å². The van der Waals surface area contributed by atoms with Gasteiger partial charge in [-0.25, -0.2) is 0 Å². The van der Waals surface area contributed by atoms with Crippen molar-refractivity contribution in [1.29, 1.82) is 0 Å². The summed E-state index contributed by atoms with van der Waals surface area (Å²) in [6, 6.07) is 14.2. The Kier molecular flexibility index (Phi) is 6.65. The summed E-state index contributed by atoms with van der Waals surface area (Å²) >= 11 is 8.03. The van der Waals surface area contributed by atoms with Crippen LogP contribution >= 0.6 is 27.5 Å². The highest BCUT2D eigenvalue weighted by atomic mass is 79.9. The van der Waals surface area contributed by atoms with E-state index >= 15 is 0 Å². The summed E-state index contributed by atoms with van der Waals surface area (Å²) in [5.74, 6) is -0.142. The fourth-order valence-corrected chi connectivity index (χ4v) is 2.72. The number of nitrogens with one attached hydrogen (secondary N) is 1. The van der Waals surface area contributed by atoms with Gasteiger partial charge in [0.2, 0.25) is 11.1 Å². The summed E-state index contributed by atoms with van der Waals surface area (Å²) in [5, 5.41) is 7.99. The molecule has 0 fully saturated rings. The largest absolute Gasteiger partial charge is 0.326 e. The number of carbonyl (C=O) groups is 2. The molecule has 0 radical (unpaired) electrons. The summed E-state index contributed by atoms with van der Waals surface area (Å²) in [6.07, 6.45) is 0. The number of hydrogen-bond acceptors (Lipinski definition) is 4. The number of aromatic nitrogens is 2. The highest BCUT2D eigenvalue weighted by molar-refractivity contribution is 9.10. The lowest BCUT2D eigenvalue weighted by Gasteiger charge is -2.09. The minimum Gasteiger partial charge on any atom is -0.326 e. The monoisotopic (exact) mass is 435 g/mol. The molecule has 0 aliphatic carbocycles. The highest BCUT2D eigenvalue weighted by Gasteiger charge is 2.09. The van der Waals surface area contributed by atoms with E-state index in [2.05, 4.69) is 37.9 Å². The molecule has 3 aromatic rings. The fraction of sp³-hybridized carbons (Fsp3) is 0.111. The molecule has 0 aliphatic heterocycles. The van der Waals surface area contributed by atoms with Gasteiger partial charge in [-0.3, -0.25) is 14.4 Å². The van der Waals surface area contributed by atoms with Crippen LogP contribution in [0.3, 0.4) is 0 Å². The minimum atomic E-state index is -0.361. The van der Waals surface area contributed by atoms with E-state index < -0.39 is 0 Å². The predicted molar refractivity (Wildman–Crippen MR) is 106 cm³/mol. The van der Waals surface area contributed by atoms with E-state index in [-0.39, 0.29) is 16.7 Å². The van der Waals surface area contributed by atoms with Gasteiger partial charge in [-0.1, -0.05) is 18.2 Å². The molecule has 0 spiro atoms. The second-order valence-electron chi connectivity index (χ2n) is 5.25. The van der Waals surface area contributed by atoms with Crippen molar-refractivity contribution in [3.63, 3.8) is 0 Å². The number of halogens is 2. The molecule has 1 N–H and O–H groups in total. The lowest BCUT2D eigenvalue weighted by Crippen LogP contribution is -2.21. The third-order valence-corrected chi connectivity index (χ3v) is 3.78. The van der Waals surface area contributed by atoms with Crippen LogP contribution in [-0.4, -0.2) is 20.9 Å². The molecule has 6 nitrogen and oxygen atoms in total. The first-order valence-corrected chi connectivity index (χ1v) is 8.68. The van der Waals surface area contributed by atoms with Gasteiger partial charge in [0.1, 0.15) is 4.60 Å². The minimum absolute atomic E-state index is 0.142. The second-order valence-corrected chi connectivity index (χ2v) is 6.54. The Morgan fingerprint density at radius 2 is 1.58 bits per heavy atom. The van der Waals surface area contributed by atoms with Crippen molar-refractivity contribution in [3.05, 3.63) is 63.5 Å². The zero-order chi connectivity index (χ0) is 19.3. The molecule has 1 aromatic heterocycles. The maximum absolute atomic E-state index is 12.6. The van der Waals surface area contributed by atoms with Gasteiger partial charge >= 0.3 is 0 Å². The van der Waals surface area contributed by atoms with Gasteiger partial charge in [0.15, 0.2) is 0 Å². The summed E-state index contributed by atoms with van der Waals surface area (Å²) in [6.45, 7) is 2.74. The molecule has 0 saturated carbocycles. The SMILES string of the molecule is CC(=O)Cl.CC(=O)Nc1ccc(-n2nc(Br)c3ccccc3c2=O)cc1. The number of anilines is 1. The number of benzene rings is 2. The number of amides is 1. The molecular weight excluding hydrogens is 422 g/mol. The maximum Gasteiger partial charge on any atom is 0.279 e. The van der Waals surface area contributed by atoms with Crippen molar-refractivity contribution in [2.45, 2.75) is 13.8 Å². The quantitative estimate of drug-likeness (QED) is 0.618. The average molecular weight is 437 g/mol. The van der Waals surface area contributed by atoms with Crippen LogP contribution in [0.1, 0.15) is 13.8 Å². The molecule has 134 valence electrons. The first-order chi connectivity index (χ1) is 12.3. The van der Waals surface area contributed by atoms with Crippen LogP contribution in [0.15, 0.2) is 57.9 Å². The van der Waals surface area contributed by atoms with Gasteiger partial charge in [-0.05, 0) is 57.9 Å². The van der Waals surface area contributed by atoms with E-state index in [0.29, 0.717) is 21.4 Å². The van der Waals surface area contributed by atoms with Crippen molar-refractivity contribution in [3.8, 4) is 5.69 Å². The number of rotatable bonds is 2. The molecule has 0 aliphatic rings. The van der Waals surface area contributed by atoms with Crippen molar-refractivity contribution < 1.29 is 9.59 Å². The Morgan fingerprint density at radius 3 is 2.12 bits per heavy atom. The Morgan fingerprint density at radius 1 is 1.04 bits per heavy atom. The molecule has 0 bridgehead atoms. The topological polar surface area (TPSA) is 81.1 Å². The molecule has 0 unspecified atom stereocenters. The zero-order valence-electron chi connectivity index (χ0n) is 14.0. The van der Waals surface area contributed by atoms with Crippen LogP contribution in [0, 0.1) is 0 Å². The van der Waals surface area contributed by atoms with Crippen molar-refractivity contribution in [2.75, 3.05) is 5.32 Å². The molecule has 1 heterocycles. The van der Waals surface area contributed by atoms with Crippen LogP contribution in [0.2, 0.25) is 0 Å². The van der Waals surface area contributed by atoms with Crippen LogP contribution < -0.4 is 10.9 Å². The van der Waals surface area contributed by atoms with Crippen molar-refractivity contribution in [2.24, 2.45) is 0 Å². The summed E-state index contributed by atoms with van der Waals surface area (Å²) in [7, 11) is 0. The lowest BCUT2D eigenvalue weighted by molar-refractivity contribution is -0.114. The molecular formula is C18H15BrClN3O3. The Balaban J connectivity index is 0.000000552. The van der Waals surface area contributed by atoms with E-state index in [1.165, 1.54) is 18.5 Å². The lowest BCUT2D eigenvalue weighted by atomic mass is 10.2. The summed E-state index contributed by atoms with van der Waals surface area (Å²) < 4.78 is 1.94. The van der Waals surface area contributed by atoms with Crippen LogP contribution in [0.4, 0.5) is 5.69 Å². The van der Waals surface area contributed by atoms with Gasteiger partial charge < -0.3 is 5.32 Å². The van der Waals surface area contributed by atoms with E-state index in [4.69, 9.17) is 0 Å².